The molecule has 3 rings (SSSR count). The third kappa shape index (κ3) is 2.18. The Balaban J connectivity index is 2.01. The molecule has 0 spiro atoms. The molecule has 20 heavy (non-hydrogen) atoms. The van der Waals surface area contributed by atoms with Crippen LogP contribution in [0.2, 0.25) is 0 Å². The molecule has 4 nitrogen and oxygen atoms in total. The predicted molar refractivity (Wildman–Crippen MR) is 79.8 cm³/mol. The molecule has 1 aliphatic rings. The first-order chi connectivity index (χ1) is 9.65. The fraction of sp³-hybridized carbons (Fsp3) is 0.562. The minimum absolute atomic E-state index is 0.268. The number of hydrogen-bond donors (Lipinski definition) is 1. The summed E-state index contributed by atoms with van der Waals surface area (Å²) < 4.78 is 7.03. The Bertz CT molecular complexity index is 667. The smallest absolute Gasteiger partial charge is 0.408 e. The van der Waals surface area contributed by atoms with Crippen molar-refractivity contribution in [3.05, 3.63) is 34.3 Å². The van der Waals surface area contributed by atoms with Crippen molar-refractivity contribution >= 4 is 11.1 Å². The van der Waals surface area contributed by atoms with Crippen molar-refractivity contribution in [2.75, 3.05) is 7.05 Å². The van der Waals surface area contributed by atoms with E-state index in [0.717, 1.165) is 11.4 Å². The van der Waals surface area contributed by atoms with Crippen LogP contribution in [0.5, 0.6) is 0 Å². The van der Waals surface area contributed by atoms with Gasteiger partial charge in [0, 0.05) is 12.6 Å². The fourth-order valence-electron chi connectivity index (χ4n) is 3.20. The van der Waals surface area contributed by atoms with E-state index in [2.05, 4.69) is 18.3 Å². The Kier molecular flexibility index (Phi) is 3.42. The molecule has 0 amide bonds. The number of aromatic nitrogens is 1. The normalized spacial score (nSPS) is 18.4. The van der Waals surface area contributed by atoms with Crippen molar-refractivity contribution in [2.45, 2.75) is 39.3 Å². The Morgan fingerprint density at radius 3 is 2.80 bits per heavy atom. The minimum atomic E-state index is -0.268. The molecule has 1 aromatic heterocycles. The van der Waals surface area contributed by atoms with Gasteiger partial charge < -0.3 is 9.73 Å². The summed E-state index contributed by atoms with van der Waals surface area (Å²) in [5.41, 5.74) is 2.78. The van der Waals surface area contributed by atoms with Gasteiger partial charge in [0.1, 0.15) is 0 Å². The Labute approximate surface area is 118 Å². The third-order valence-corrected chi connectivity index (χ3v) is 4.57. The second-order valence-corrected chi connectivity index (χ2v) is 5.80. The van der Waals surface area contributed by atoms with Crippen LogP contribution in [0.3, 0.4) is 0 Å². The highest BCUT2D eigenvalue weighted by atomic mass is 16.4. The number of aryl methyl sites for hydroxylation is 1. The molecule has 2 unspecified atom stereocenters. The van der Waals surface area contributed by atoms with Crippen LogP contribution < -0.4 is 11.1 Å². The van der Waals surface area contributed by atoms with Crippen LogP contribution >= 0.6 is 0 Å². The topological polar surface area (TPSA) is 47.2 Å². The maximum absolute atomic E-state index is 11.8. The first-order valence-corrected chi connectivity index (χ1v) is 7.46. The molecule has 0 aliphatic heterocycles. The highest BCUT2D eigenvalue weighted by Crippen LogP contribution is 2.42. The number of nitrogens with one attached hydrogen (secondary N) is 1. The van der Waals surface area contributed by atoms with Crippen LogP contribution in [-0.4, -0.2) is 11.6 Å². The summed E-state index contributed by atoms with van der Waals surface area (Å²) in [5, 5.41) is 3.41. The highest BCUT2D eigenvalue weighted by molar-refractivity contribution is 5.74. The fourth-order valence-corrected chi connectivity index (χ4v) is 3.20. The summed E-state index contributed by atoms with van der Waals surface area (Å²) >= 11 is 0. The summed E-state index contributed by atoms with van der Waals surface area (Å²) in [6, 6.07) is 6.46. The van der Waals surface area contributed by atoms with Crippen LogP contribution in [0.4, 0.5) is 0 Å². The molecule has 4 heteroatoms. The molecule has 1 aliphatic carbocycles. The molecule has 1 saturated carbocycles. The lowest BCUT2D eigenvalue weighted by Crippen LogP contribution is -2.24. The number of oxazole rings is 1. The number of nitrogens with zero attached hydrogens (tertiary/aromatic N) is 1. The van der Waals surface area contributed by atoms with Crippen LogP contribution in [0, 0.1) is 11.8 Å². The average Bonchev–Trinajstić information content (AvgIpc) is 3.22. The van der Waals surface area contributed by atoms with E-state index >= 15 is 0 Å². The lowest BCUT2D eigenvalue weighted by atomic mass is 9.90. The molecule has 0 bridgehead atoms. The quantitative estimate of drug-likeness (QED) is 0.912. The molecule has 1 fully saturated rings. The Morgan fingerprint density at radius 1 is 1.45 bits per heavy atom. The van der Waals surface area contributed by atoms with Crippen molar-refractivity contribution in [2.24, 2.45) is 11.8 Å². The standard InChI is InChI=1S/C16H22N2O2/c1-4-18-13-8-7-12(9-14(13)20-16(18)19)15(17-3)10(2)11-5-6-11/h7-11,15,17H,4-6H2,1-3H3. The van der Waals surface area contributed by atoms with Gasteiger partial charge in [-0.05, 0) is 56.3 Å². The second kappa shape index (κ2) is 5.09. The SMILES string of the molecule is CCn1c(=O)oc2cc(C(NC)C(C)C3CC3)ccc21. The van der Waals surface area contributed by atoms with E-state index < -0.39 is 0 Å². The Morgan fingerprint density at radius 2 is 2.20 bits per heavy atom. The zero-order chi connectivity index (χ0) is 14.3. The maximum Gasteiger partial charge on any atom is 0.419 e. The molecule has 1 heterocycles. The monoisotopic (exact) mass is 274 g/mol. The first kappa shape index (κ1) is 13.4. The molecule has 1 N–H and O–H groups in total. The van der Waals surface area contributed by atoms with Gasteiger partial charge in [-0.2, -0.15) is 0 Å². The number of benzene rings is 1. The van der Waals surface area contributed by atoms with Crippen molar-refractivity contribution in [1.82, 2.24) is 9.88 Å². The lowest BCUT2D eigenvalue weighted by molar-refractivity contribution is 0.369. The maximum atomic E-state index is 11.8. The molecule has 108 valence electrons. The zero-order valence-electron chi connectivity index (χ0n) is 12.3. The molecular formula is C16H22N2O2. The van der Waals surface area contributed by atoms with Gasteiger partial charge in [0.25, 0.3) is 0 Å². The van der Waals surface area contributed by atoms with Crippen molar-refractivity contribution in [1.29, 1.82) is 0 Å². The van der Waals surface area contributed by atoms with Gasteiger partial charge in [0.2, 0.25) is 0 Å². The van der Waals surface area contributed by atoms with E-state index in [0.29, 0.717) is 24.1 Å². The summed E-state index contributed by atoms with van der Waals surface area (Å²) in [6.07, 6.45) is 2.67. The van der Waals surface area contributed by atoms with Gasteiger partial charge >= 0.3 is 5.76 Å². The van der Waals surface area contributed by atoms with E-state index in [1.54, 1.807) is 4.57 Å². The van der Waals surface area contributed by atoms with Crippen molar-refractivity contribution < 1.29 is 4.42 Å². The second-order valence-electron chi connectivity index (χ2n) is 5.80. The largest absolute Gasteiger partial charge is 0.419 e. The average molecular weight is 274 g/mol. The molecule has 0 saturated heterocycles. The van der Waals surface area contributed by atoms with E-state index in [4.69, 9.17) is 4.42 Å². The number of rotatable bonds is 5. The third-order valence-electron chi connectivity index (χ3n) is 4.57. The first-order valence-electron chi connectivity index (χ1n) is 7.46. The molecule has 0 radical (unpaired) electrons. The summed E-state index contributed by atoms with van der Waals surface area (Å²) in [5.74, 6) is 1.17. The molecule has 2 aromatic rings. The van der Waals surface area contributed by atoms with Gasteiger partial charge in [-0.25, -0.2) is 4.79 Å². The lowest BCUT2D eigenvalue weighted by Gasteiger charge is -2.23. The van der Waals surface area contributed by atoms with Gasteiger partial charge in [-0.15, -0.1) is 0 Å². The van der Waals surface area contributed by atoms with Gasteiger partial charge in [-0.3, -0.25) is 4.57 Å². The van der Waals surface area contributed by atoms with E-state index in [1.165, 1.54) is 18.4 Å². The van der Waals surface area contributed by atoms with Crippen LogP contribution in [-0.2, 0) is 6.54 Å². The van der Waals surface area contributed by atoms with Crippen LogP contribution in [0.1, 0.15) is 38.3 Å². The highest BCUT2D eigenvalue weighted by Gasteiger charge is 2.33. The molecular weight excluding hydrogens is 252 g/mol. The van der Waals surface area contributed by atoms with Crippen molar-refractivity contribution in [3.8, 4) is 0 Å². The predicted octanol–water partition coefficient (Wildman–Crippen LogP) is 2.92. The van der Waals surface area contributed by atoms with E-state index in [1.807, 2.05) is 26.1 Å². The van der Waals surface area contributed by atoms with Gasteiger partial charge in [-0.1, -0.05) is 13.0 Å². The van der Waals surface area contributed by atoms with E-state index in [9.17, 15) is 4.79 Å². The minimum Gasteiger partial charge on any atom is -0.408 e. The van der Waals surface area contributed by atoms with E-state index in [-0.39, 0.29) is 5.76 Å². The van der Waals surface area contributed by atoms with Gasteiger partial charge in [0.05, 0.1) is 5.52 Å². The van der Waals surface area contributed by atoms with Crippen molar-refractivity contribution in [3.63, 3.8) is 0 Å². The molecule has 1 aromatic carbocycles. The van der Waals surface area contributed by atoms with Crippen LogP contribution in [0.25, 0.3) is 11.1 Å². The summed E-state index contributed by atoms with van der Waals surface area (Å²) in [6.45, 7) is 4.89. The zero-order valence-corrected chi connectivity index (χ0v) is 12.3. The van der Waals surface area contributed by atoms with Crippen LogP contribution in [0.15, 0.2) is 27.4 Å². The number of fused-ring (bicyclic) bond motifs is 1. The number of hydrogen-bond acceptors (Lipinski definition) is 3. The van der Waals surface area contributed by atoms with Gasteiger partial charge in [0.15, 0.2) is 5.58 Å². The Hall–Kier alpha value is -1.55. The molecule has 2 atom stereocenters. The summed E-state index contributed by atoms with van der Waals surface area (Å²) in [4.78, 5) is 11.8. The summed E-state index contributed by atoms with van der Waals surface area (Å²) in [7, 11) is 2.00.